The van der Waals surface area contributed by atoms with Gasteiger partial charge in [0.1, 0.15) is 0 Å². The van der Waals surface area contributed by atoms with Gasteiger partial charge >= 0.3 is 5.76 Å². The fraction of sp³-hybridized carbons (Fsp3) is 0.333. The second-order valence-electron chi connectivity index (χ2n) is 4.45. The number of nitrogens with zero attached hydrogens (tertiary/aromatic N) is 1. The minimum absolute atomic E-state index is 0.421. The fourth-order valence-electron chi connectivity index (χ4n) is 2.60. The Bertz CT molecular complexity index is 647. The molecule has 1 aliphatic carbocycles. The summed E-state index contributed by atoms with van der Waals surface area (Å²) in [6.45, 7) is 2.07. The highest BCUT2D eigenvalue weighted by Crippen LogP contribution is 2.37. The lowest BCUT2D eigenvalue weighted by Gasteiger charge is -2.11. The van der Waals surface area contributed by atoms with Crippen LogP contribution in [0.5, 0.6) is 0 Å². The minimum atomic E-state index is -0.517. The molecule has 1 aromatic heterocycles. The molecule has 1 heterocycles. The van der Waals surface area contributed by atoms with Gasteiger partial charge in [0.05, 0.1) is 0 Å². The van der Waals surface area contributed by atoms with Gasteiger partial charge in [-0.3, -0.25) is 13.0 Å². The van der Waals surface area contributed by atoms with E-state index in [1.807, 2.05) is 6.07 Å². The Balaban J connectivity index is 2.12. The van der Waals surface area contributed by atoms with Crippen LogP contribution in [0.25, 0.3) is 11.4 Å². The predicted octanol–water partition coefficient (Wildman–Crippen LogP) is 2.27. The van der Waals surface area contributed by atoms with Crippen molar-refractivity contribution in [3.63, 3.8) is 0 Å². The van der Waals surface area contributed by atoms with Crippen LogP contribution in [0, 0.1) is 6.92 Å². The van der Waals surface area contributed by atoms with E-state index in [0.717, 1.165) is 18.4 Å². The Morgan fingerprint density at radius 3 is 3.06 bits per heavy atom. The van der Waals surface area contributed by atoms with E-state index in [4.69, 9.17) is 0 Å². The third-order valence-electron chi connectivity index (χ3n) is 3.52. The number of nitrogens with one attached hydrogen (secondary N) is 2. The molecule has 3 rings (SSSR count). The van der Waals surface area contributed by atoms with Gasteiger partial charge in [0.2, 0.25) is 0 Å². The molecule has 0 saturated carbocycles. The molecule has 0 fully saturated rings. The smallest absolute Gasteiger partial charge is 0.296 e. The van der Waals surface area contributed by atoms with Crippen molar-refractivity contribution in [3.8, 4) is 11.4 Å². The molecule has 2 aromatic rings. The van der Waals surface area contributed by atoms with Crippen molar-refractivity contribution in [2.45, 2.75) is 25.8 Å². The van der Waals surface area contributed by atoms with Gasteiger partial charge in [-0.15, -0.1) is 0 Å². The molecule has 1 aliphatic rings. The Hall–Kier alpha value is -1.15. The molecule has 0 saturated heterocycles. The van der Waals surface area contributed by atoms with E-state index in [9.17, 15) is 4.79 Å². The zero-order valence-electron chi connectivity index (χ0n) is 9.79. The molecule has 94 valence electrons. The number of benzene rings is 1. The minimum Gasteiger partial charge on any atom is -0.296 e. The lowest BCUT2D eigenvalue weighted by atomic mass is 9.98. The number of hydrogen-bond acceptors (Lipinski definition) is 4. The van der Waals surface area contributed by atoms with Gasteiger partial charge in [-0.2, -0.15) is 0 Å². The standard InChI is InChI=1S/C12H12IN3O2/c1-6-7-4-5-10(15-13)9(7)3-2-8(6)11-14-12(17)18-16-11/h2-3,10,15H,4-5H2,1H3,(H,14,16,17)/t10-/m0/s1. The third kappa shape index (κ3) is 1.79. The molecule has 1 atom stereocenters. The van der Waals surface area contributed by atoms with Gasteiger partial charge in [-0.05, 0) is 36.5 Å². The van der Waals surface area contributed by atoms with Crippen molar-refractivity contribution in [2.75, 3.05) is 0 Å². The number of fused-ring (bicyclic) bond motifs is 1. The summed E-state index contributed by atoms with van der Waals surface area (Å²) in [5, 5.41) is 3.75. The first kappa shape index (κ1) is 11.9. The van der Waals surface area contributed by atoms with E-state index < -0.39 is 5.76 Å². The lowest BCUT2D eigenvalue weighted by Crippen LogP contribution is -2.06. The lowest BCUT2D eigenvalue weighted by molar-refractivity contribution is 0.388. The number of rotatable bonds is 2. The monoisotopic (exact) mass is 357 g/mol. The molecule has 6 heteroatoms. The summed E-state index contributed by atoms with van der Waals surface area (Å²) in [4.78, 5) is 13.6. The summed E-state index contributed by atoms with van der Waals surface area (Å²) in [6.07, 6.45) is 2.16. The maximum atomic E-state index is 11.0. The van der Waals surface area contributed by atoms with Crippen LogP contribution >= 0.6 is 22.9 Å². The maximum absolute atomic E-state index is 11.0. The van der Waals surface area contributed by atoms with Crippen LogP contribution in [0.2, 0.25) is 0 Å². The molecular weight excluding hydrogens is 345 g/mol. The highest BCUT2D eigenvalue weighted by Gasteiger charge is 2.24. The van der Waals surface area contributed by atoms with Gasteiger partial charge in [0, 0.05) is 34.5 Å². The van der Waals surface area contributed by atoms with Crippen LogP contribution in [0.1, 0.15) is 29.2 Å². The zero-order chi connectivity index (χ0) is 12.7. The highest BCUT2D eigenvalue weighted by atomic mass is 127. The average molecular weight is 357 g/mol. The second kappa shape index (κ2) is 4.51. The SMILES string of the molecule is Cc1c(-c2noc(=O)[nH]2)ccc2c1CC[C@@H]2NI. The average Bonchev–Trinajstić information content (AvgIpc) is 2.96. The zero-order valence-corrected chi connectivity index (χ0v) is 11.9. The van der Waals surface area contributed by atoms with Crippen molar-refractivity contribution >= 4 is 22.9 Å². The Morgan fingerprint density at radius 2 is 2.39 bits per heavy atom. The largest absolute Gasteiger partial charge is 0.439 e. The summed E-state index contributed by atoms with van der Waals surface area (Å²) in [5.74, 6) is -0.0112. The normalized spacial score (nSPS) is 18.0. The van der Waals surface area contributed by atoms with Gasteiger partial charge in [-0.25, -0.2) is 4.79 Å². The Labute approximate surface area is 117 Å². The number of aromatic nitrogens is 2. The molecule has 0 unspecified atom stereocenters. The summed E-state index contributed by atoms with van der Waals surface area (Å²) in [5.41, 5.74) is 4.81. The fourth-order valence-corrected chi connectivity index (χ4v) is 3.24. The van der Waals surface area contributed by atoms with Crippen molar-refractivity contribution < 1.29 is 4.52 Å². The second-order valence-corrected chi connectivity index (χ2v) is 5.07. The van der Waals surface area contributed by atoms with E-state index in [2.05, 4.69) is 54.0 Å². The molecule has 0 aliphatic heterocycles. The first-order chi connectivity index (χ1) is 8.70. The molecule has 1 aromatic carbocycles. The summed E-state index contributed by atoms with van der Waals surface area (Å²) >= 11 is 2.20. The summed E-state index contributed by atoms with van der Waals surface area (Å²) in [6, 6.07) is 4.52. The molecule has 0 radical (unpaired) electrons. The van der Waals surface area contributed by atoms with Crippen LogP contribution in [-0.4, -0.2) is 10.1 Å². The van der Waals surface area contributed by atoms with Crippen LogP contribution in [0.15, 0.2) is 21.5 Å². The van der Waals surface area contributed by atoms with Crippen molar-refractivity contribution in [1.29, 1.82) is 0 Å². The van der Waals surface area contributed by atoms with Gasteiger partial charge in [0.25, 0.3) is 0 Å². The predicted molar refractivity (Wildman–Crippen MR) is 75.5 cm³/mol. The Morgan fingerprint density at radius 1 is 1.56 bits per heavy atom. The molecular formula is C12H12IN3O2. The molecule has 18 heavy (non-hydrogen) atoms. The van der Waals surface area contributed by atoms with Crippen molar-refractivity contribution in [2.24, 2.45) is 0 Å². The van der Waals surface area contributed by atoms with Crippen LogP contribution in [0.4, 0.5) is 0 Å². The number of halogens is 1. The maximum Gasteiger partial charge on any atom is 0.439 e. The highest BCUT2D eigenvalue weighted by molar-refractivity contribution is 14.1. The number of hydrogen-bond donors (Lipinski definition) is 2. The molecule has 2 N–H and O–H groups in total. The van der Waals surface area contributed by atoms with E-state index in [1.54, 1.807) is 0 Å². The van der Waals surface area contributed by atoms with Crippen LogP contribution in [-0.2, 0) is 6.42 Å². The Kier molecular flexibility index (Phi) is 2.98. The molecule has 0 bridgehead atoms. The van der Waals surface area contributed by atoms with Gasteiger partial charge in [-0.1, -0.05) is 17.3 Å². The van der Waals surface area contributed by atoms with Gasteiger partial charge in [0.15, 0.2) is 5.82 Å². The topological polar surface area (TPSA) is 70.9 Å². The first-order valence-corrected chi connectivity index (χ1v) is 6.83. The van der Waals surface area contributed by atoms with Crippen LogP contribution in [0.3, 0.4) is 0 Å². The van der Waals surface area contributed by atoms with E-state index in [1.165, 1.54) is 16.7 Å². The van der Waals surface area contributed by atoms with Gasteiger partial charge < -0.3 is 0 Å². The van der Waals surface area contributed by atoms with Crippen LogP contribution < -0.4 is 9.29 Å². The molecule has 5 nitrogen and oxygen atoms in total. The van der Waals surface area contributed by atoms with Crippen molar-refractivity contribution in [1.82, 2.24) is 13.7 Å². The van der Waals surface area contributed by atoms with E-state index >= 15 is 0 Å². The van der Waals surface area contributed by atoms with Crippen molar-refractivity contribution in [3.05, 3.63) is 39.4 Å². The number of H-pyrrole nitrogens is 1. The molecule has 0 amide bonds. The summed E-state index contributed by atoms with van der Waals surface area (Å²) < 4.78 is 7.85. The van der Waals surface area contributed by atoms with E-state index in [-0.39, 0.29) is 0 Å². The first-order valence-electron chi connectivity index (χ1n) is 5.75. The molecule has 0 spiro atoms. The van der Waals surface area contributed by atoms with E-state index in [0.29, 0.717) is 11.9 Å². The quantitative estimate of drug-likeness (QED) is 0.639. The number of aromatic amines is 1. The third-order valence-corrected chi connectivity index (χ3v) is 4.27. The summed E-state index contributed by atoms with van der Waals surface area (Å²) in [7, 11) is 0.